The smallest absolute Gasteiger partial charge is 0.332 e. The van der Waals surface area contributed by atoms with Gasteiger partial charge in [0.05, 0.1) is 35.1 Å². The molecule has 12 nitrogen and oxygen atoms in total. The molecule has 0 radical (unpaired) electrons. The summed E-state index contributed by atoms with van der Waals surface area (Å²) in [6.45, 7) is 5.85. The van der Waals surface area contributed by atoms with Crippen molar-refractivity contribution in [3.8, 4) is 0 Å². The lowest BCUT2D eigenvalue weighted by molar-refractivity contribution is -0.133. The first kappa shape index (κ1) is 26.8. The molecule has 0 saturated carbocycles. The van der Waals surface area contributed by atoms with Crippen molar-refractivity contribution < 1.29 is 15.0 Å². The minimum atomic E-state index is -1.48. The molecule has 0 spiro atoms. The molecular weight excluding hydrogens is 502 g/mol. The largest absolute Gasteiger partial charge is 0.391 e. The van der Waals surface area contributed by atoms with E-state index in [1.807, 2.05) is 28.8 Å². The summed E-state index contributed by atoms with van der Waals surface area (Å²) in [5.74, 6) is 0.904. The van der Waals surface area contributed by atoms with Crippen LogP contribution in [0.5, 0.6) is 0 Å². The van der Waals surface area contributed by atoms with Gasteiger partial charge in [-0.2, -0.15) is 0 Å². The number of rotatable bonds is 5. The van der Waals surface area contributed by atoms with E-state index in [0.717, 1.165) is 21.4 Å². The van der Waals surface area contributed by atoms with E-state index in [9.17, 15) is 24.6 Å². The average molecular weight is 538 g/mol. The Kier molecular flexibility index (Phi) is 6.71. The third kappa shape index (κ3) is 4.67. The number of carbonyl (C=O) groups is 1. The number of aryl methyl sites for hydroxylation is 1. The second-order valence-electron chi connectivity index (χ2n) is 11.3. The van der Waals surface area contributed by atoms with Gasteiger partial charge in [-0.3, -0.25) is 18.7 Å². The van der Waals surface area contributed by atoms with Crippen LogP contribution in [-0.4, -0.2) is 74.1 Å². The van der Waals surface area contributed by atoms with Crippen LogP contribution in [0.1, 0.15) is 39.1 Å². The summed E-state index contributed by atoms with van der Waals surface area (Å²) in [5.41, 5.74) is -0.547. The minimum absolute atomic E-state index is 0.0141. The highest BCUT2D eigenvalue weighted by Crippen LogP contribution is 2.33. The second-order valence-corrected chi connectivity index (χ2v) is 11.3. The standard InChI is InChI=1S/C27H35N7O5/c1-16(2)10-21-29-18-8-6-7-9-19(18)33(21)14-22(36)32-12-17(35)11-27(3,39)20(13-32)34-15-28-24-23(34)25(37)31(5)26(38)30(24)4/h6-9,15-17,20,35,39H,10-14H2,1-5H3/t17-,20+,27+/m1/s1. The number of aliphatic hydroxyl groups excluding tert-OH is 1. The zero-order chi connectivity index (χ0) is 28.2. The van der Waals surface area contributed by atoms with Crippen LogP contribution in [0.4, 0.5) is 0 Å². The Bertz CT molecular complexity index is 1680. The van der Waals surface area contributed by atoms with Gasteiger partial charge in [-0.05, 0) is 25.0 Å². The Balaban J connectivity index is 1.55. The number of aliphatic hydroxyl groups is 2. The van der Waals surface area contributed by atoms with Gasteiger partial charge in [-0.1, -0.05) is 26.0 Å². The maximum atomic E-state index is 13.8. The van der Waals surface area contributed by atoms with Gasteiger partial charge in [0.15, 0.2) is 11.2 Å². The Hall–Kier alpha value is -3.77. The molecule has 208 valence electrons. The molecule has 0 aliphatic carbocycles. The lowest BCUT2D eigenvalue weighted by Gasteiger charge is -2.34. The Morgan fingerprint density at radius 2 is 1.87 bits per heavy atom. The number of fused-ring (bicyclic) bond motifs is 2. The van der Waals surface area contributed by atoms with Gasteiger partial charge in [-0.15, -0.1) is 0 Å². The number of imidazole rings is 2. The molecule has 39 heavy (non-hydrogen) atoms. The van der Waals surface area contributed by atoms with Crippen molar-refractivity contribution in [3.63, 3.8) is 0 Å². The summed E-state index contributed by atoms with van der Waals surface area (Å²) in [5, 5.41) is 22.3. The molecule has 5 rings (SSSR count). The number of nitrogens with zero attached hydrogens (tertiary/aromatic N) is 7. The molecule has 1 saturated heterocycles. The second kappa shape index (κ2) is 9.76. The lowest BCUT2D eigenvalue weighted by atomic mass is 9.91. The quantitative estimate of drug-likeness (QED) is 0.379. The SMILES string of the molecule is CC(C)Cc1nc2ccccc2n1CC(=O)N1C[C@H](O)C[C@](C)(O)[C@@H](n2cnc3c2c(=O)n(C)c(=O)n3C)C1. The van der Waals surface area contributed by atoms with Gasteiger partial charge in [0, 0.05) is 40.0 Å². The fourth-order valence-corrected chi connectivity index (χ4v) is 5.66. The fraction of sp³-hybridized carbons (Fsp3) is 0.519. The van der Waals surface area contributed by atoms with E-state index in [2.05, 4.69) is 18.8 Å². The zero-order valence-corrected chi connectivity index (χ0v) is 22.9. The van der Waals surface area contributed by atoms with Gasteiger partial charge < -0.3 is 24.2 Å². The molecule has 1 aliphatic heterocycles. The van der Waals surface area contributed by atoms with Crippen molar-refractivity contribution in [1.82, 2.24) is 33.1 Å². The van der Waals surface area contributed by atoms with E-state index < -0.39 is 29.0 Å². The molecule has 4 heterocycles. The number of carbonyl (C=O) groups excluding carboxylic acids is 1. The van der Waals surface area contributed by atoms with Crippen LogP contribution in [0, 0.1) is 5.92 Å². The Labute approximate surface area is 224 Å². The maximum Gasteiger partial charge on any atom is 0.332 e. The number of β-amino-alcohol motifs (C(OH)–C–C–N with tert-alkyl or cyclic N) is 1. The van der Waals surface area contributed by atoms with Crippen molar-refractivity contribution >= 4 is 28.1 Å². The molecule has 1 aromatic carbocycles. The number of aromatic nitrogens is 6. The molecule has 3 atom stereocenters. The van der Waals surface area contributed by atoms with Crippen molar-refractivity contribution in [1.29, 1.82) is 0 Å². The lowest BCUT2D eigenvalue weighted by Crippen LogP contribution is -2.44. The van der Waals surface area contributed by atoms with Crippen molar-refractivity contribution in [2.75, 3.05) is 13.1 Å². The van der Waals surface area contributed by atoms with E-state index in [4.69, 9.17) is 4.98 Å². The van der Waals surface area contributed by atoms with Gasteiger partial charge in [0.2, 0.25) is 5.91 Å². The van der Waals surface area contributed by atoms with Crippen LogP contribution in [0.2, 0.25) is 0 Å². The van der Waals surface area contributed by atoms with Gasteiger partial charge in [-0.25, -0.2) is 14.8 Å². The number of likely N-dealkylation sites (tertiary alicyclic amines) is 1. The summed E-state index contributed by atoms with van der Waals surface area (Å²) in [4.78, 5) is 49.9. The topological polar surface area (TPSA) is 140 Å². The third-order valence-corrected chi connectivity index (χ3v) is 7.67. The number of hydrogen-bond donors (Lipinski definition) is 2. The predicted octanol–water partition coefficient (Wildman–Crippen LogP) is 0.567. The first-order valence-corrected chi connectivity index (χ1v) is 13.1. The molecule has 0 unspecified atom stereocenters. The number of amides is 1. The highest BCUT2D eigenvalue weighted by molar-refractivity contribution is 5.81. The third-order valence-electron chi connectivity index (χ3n) is 7.67. The molecule has 1 amide bonds. The summed E-state index contributed by atoms with van der Waals surface area (Å²) in [7, 11) is 2.91. The average Bonchev–Trinajstić information content (AvgIpc) is 3.41. The van der Waals surface area contributed by atoms with Crippen LogP contribution in [-0.2, 0) is 31.9 Å². The molecule has 12 heteroatoms. The summed E-state index contributed by atoms with van der Waals surface area (Å²) >= 11 is 0. The normalized spacial score (nSPS) is 22.2. The Morgan fingerprint density at radius 1 is 1.15 bits per heavy atom. The van der Waals surface area contributed by atoms with E-state index >= 15 is 0 Å². The number of benzene rings is 1. The van der Waals surface area contributed by atoms with Crippen LogP contribution < -0.4 is 11.2 Å². The van der Waals surface area contributed by atoms with E-state index in [0.29, 0.717) is 12.3 Å². The monoisotopic (exact) mass is 537 g/mol. The molecule has 4 aromatic rings. The maximum absolute atomic E-state index is 13.8. The highest BCUT2D eigenvalue weighted by atomic mass is 16.3. The van der Waals surface area contributed by atoms with Gasteiger partial charge in [0.25, 0.3) is 5.56 Å². The molecule has 0 bridgehead atoms. The molecular formula is C27H35N7O5. The van der Waals surface area contributed by atoms with Gasteiger partial charge >= 0.3 is 5.69 Å². The minimum Gasteiger partial charge on any atom is -0.391 e. The molecule has 1 aliphatic rings. The molecule has 2 N–H and O–H groups in total. The van der Waals surface area contributed by atoms with Crippen molar-refractivity contribution in [2.24, 2.45) is 20.0 Å². The van der Waals surface area contributed by atoms with E-state index in [1.54, 1.807) is 6.92 Å². The zero-order valence-electron chi connectivity index (χ0n) is 22.9. The number of para-hydroxylation sites is 2. The molecule has 1 fully saturated rings. The van der Waals surface area contributed by atoms with E-state index in [1.165, 1.54) is 34.5 Å². The summed E-state index contributed by atoms with van der Waals surface area (Å²) in [6.07, 6.45) is 1.12. The van der Waals surface area contributed by atoms with Crippen LogP contribution in [0.15, 0.2) is 40.2 Å². The first-order valence-electron chi connectivity index (χ1n) is 13.1. The predicted molar refractivity (Wildman–Crippen MR) is 145 cm³/mol. The Morgan fingerprint density at radius 3 is 2.59 bits per heavy atom. The summed E-state index contributed by atoms with van der Waals surface area (Å²) in [6, 6.07) is 6.87. The highest BCUT2D eigenvalue weighted by Gasteiger charge is 2.42. The first-order chi connectivity index (χ1) is 18.4. The number of hydrogen-bond acceptors (Lipinski definition) is 7. The van der Waals surface area contributed by atoms with Crippen LogP contribution in [0.25, 0.3) is 22.2 Å². The fourth-order valence-electron chi connectivity index (χ4n) is 5.66. The van der Waals surface area contributed by atoms with E-state index in [-0.39, 0.29) is 43.1 Å². The van der Waals surface area contributed by atoms with Crippen molar-refractivity contribution in [3.05, 3.63) is 57.3 Å². The summed E-state index contributed by atoms with van der Waals surface area (Å²) < 4.78 is 5.72. The van der Waals surface area contributed by atoms with Gasteiger partial charge in [0.1, 0.15) is 12.4 Å². The van der Waals surface area contributed by atoms with Crippen LogP contribution in [0.3, 0.4) is 0 Å². The van der Waals surface area contributed by atoms with Crippen LogP contribution >= 0.6 is 0 Å². The van der Waals surface area contributed by atoms with Crippen molar-refractivity contribution in [2.45, 2.75) is 57.9 Å². The molecule has 3 aromatic heterocycles.